The van der Waals surface area contributed by atoms with Crippen LogP contribution in [0.5, 0.6) is 11.5 Å². The van der Waals surface area contributed by atoms with Crippen molar-refractivity contribution in [2.45, 2.75) is 58.4 Å². The number of hydrogen-bond acceptors (Lipinski definition) is 9. The highest BCUT2D eigenvalue weighted by molar-refractivity contribution is 5.84. The number of aromatic nitrogens is 6. The molecule has 6 rings (SSSR count). The summed E-state index contributed by atoms with van der Waals surface area (Å²) in [4.78, 5) is 24.8. The molecule has 0 unspecified atom stereocenters. The first kappa shape index (κ1) is 26.0. The summed E-state index contributed by atoms with van der Waals surface area (Å²) in [6.45, 7) is 9.78. The van der Waals surface area contributed by atoms with E-state index in [1.165, 1.54) is 13.1 Å². The van der Waals surface area contributed by atoms with Crippen molar-refractivity contribution in [1.29, 1.82) is 5.26 Å². The number of Topliss-reactive ketones (excluding diaryl/α,β-unsaturated/α-hetero) is 1. The van der Waals surface area contributed by atoms with Crippen LogP contribution in [0.3, 0.4) is 0 Å². The molecule has 1 saturated heterocycles. The van der Waals surface area contributed by atoms with Crippen LogP contribution in [0.2, 0.25) is 0 Å². The second-order valence-electron chi connectivity index (χ2n) is 12.0. The molecule has 11 nitrogen and oxygen atoms in total. The number of carbonyl (C=O) groups is 1. The first-order valence-corrected chi connectivity index (χ1v) is 13.4. The van der Waals surface area contributed by atoms with Gasteiger partial charge in [-0.05, 0) is 25.8 Å². The number of nitriles is 1. The van der Waals surface area contributed by atoms with Crippen molar-refractivity contribution in [2.75, 3.05) is 18.5 Å². The summed E-state index contributed by atoms with van der Waals surface area (Å²) < 4.78 is 15.4. The molecule has 2 fully saturated rings. The summed E-state index contributed by atoms with van der Waals surface area (Å²) in [6, 6.07) is 8.05. The Balaban J connectivity index is 1.30. The van der Waals surface area contributed by atoms with Crippen molar-refractivity contribution in [2.24, 2.45) is 12.5 Å². The van der Waals surface area contributed by atoms with Gasteiger partial charge >= 0.3 is 0 Å². The smallest absolute Gasteiger partial charge is 0.210 e. The summed E-state index contributed by atoms with van der Waals surface area (Å²) in [5.74, 6) is 1.98. The van der Waals surface area contributed by atoms with Gasteiger partial charge in [0.2, 0.25) is 5.95 Å². The highest BCUT2D eigenvalue weighted by Crippen LogP contribution is 2.53. The monoisotopic (exact) mass is 540 g/mol. The van der Waals surface area contributed by atoms with E-state index in [0.717, 1.165) is 31.7 Å². The van der Waals surface area contributed by atoms with Crippen LogP contribution in [0, 0.1) is 16.7 Å². The van der Waals surface area contributed by atoms with E-state index < -0.39 is 0 Å². The van der Waals surface area contributed by atoms with Crippen molar-refractivity contribution in [3.63, 3.8) is 0 Å². The lowest BCUT2D eigenvalue weighted by Gasteiger charge is -2.53. The van der Waals surface area contributed by atoms with Gasteiger partial charge in [-0.3, -0.25) is 14.5 Å². The fraction of sp³-hybridized carbons (Fsp3) is 0.448. The maximum absolute atomic E-state index is 11.5. The number of fused-ring (bicyclic) bond motifs is 1. The number of carbonyl (C=O) groups excluding carboxylic acids is 1. The average molecular weight is 541 g/mol. The fourth-order valence-corrected chi connectivity index (χ4v) is 5.60. The van der Waals surface area contributed by atoms with Gasteiger partial charge in [-0.2, -0.15) is 15.3 Å². The number of anilines is 2. The Labute approximate surface area is 232 Å². The topological polar surface area (TPSA) is 133 Å². The van der Waals surface area contributed by atoms with Crippen LogP contribution in [0.15, 0.2) is 30.6 Å². The molecule has 11 heteroatoms. The highest BCUT2D eigenvalue weighted by Gasteiger charge is 2.51. The van der Waals surface area contributed by atoms with E-state index in [0.29, 0.717) is 57.1 Å². The van der Waals surface area contributed by atoms with Gasteiger partial charge in [-0.15, -0.1) is 0 Å². The van der Waals surface area contributed by atoms with Crippen molar-refractivity contribution in [3.8, 4) is 17.6 Å². The lowest BCUT2D eigenvalue weighted by molar-refractivity contribution is -0.176. The normalized spacial score (nSPS) is 16.4. The summed E-state index contributed by atoms with van der Waals surface area (Å²) in [5, 5.41) is 18.4. The lowest BCUT2D eigenvalue weighted by Crippen LogP contribution is -2.53. The lowest BCUT2D eigenvalue weighted by atomic mass is 9.64. The second-order valence-corrected chi connectivity index (χ2v) is 12.0. The van der Waals surface area contributed by atoms with Gasteiger partial charge in [0.1, 0.15) is 28.7 Å². The largest absolute Gasteiger partial charge is 0.454 e. The second kappa shape index (κ2) is 9.41. The van der Waals surface area contributed by atoms with Gasteiger partial charge < -0.3 is 19.4 Å². The quantitative estimate of drug-likeness (QED) is 0.353. The molecule has 1 aliphatic heterocycles. The van der Waals surface area contributed by atoms with E-state index in [9.17, 15) is 10.1 Å². The van der Waals surface area contributed by atoms with Crippen molar-refractivity contribution in [3.05, 3.63) is 47.5 Å². The third kappa shape index (κ3) is 4.58. The molecule has 0 atom stereocenters. The Kier molecular flexibility index (Phi) is 6.11. The SMILES string of the molecule is CC(=O)Cc1cc(Oc2cnc3nc(Nc4cc(C(C)(C)C)n(C5CC6(COC6)C5)n4)n(C)c3c2C#N)ccn1. The number of pyridine rings is 2. The van der Waals surface area contributed by atoms with E-state index in [-0.39, 0.29) is 17.6 Å². The molecule has 1 spiro atoms. The Morgan fingerprint density at radius 2 is 2.05 bits per heavy atom. The third-order valence-corrected chi connectivity index (χ3v) is 7.67. The standard InChI is InChI=1S/C29H32N8O3/c1-17(38)8-18-9-20(6-7-31-18)40-22-14-32-26-25(21(22)13-30)36(5)27(34-26)33-24-10-23(28(2,3)4)37(35-24)19-11-29(12-19)15-39-16-29/h6-7,9-10,14,19H,8,11-12,15-16H2,1-5H3,(H,32,33,34,35). The van der Waals surface area contributed by atoms with E-state index in [4.69, 9.17) is 14.6 Å². The highest BCUT2D eigenvalue weighted by atomic mass is 16.5. The van der Waals surface area contributed by atoms with E-state index in [1.807, 2.05) is 7.05 Å². The van der Waals surface area contributed by atoms with Crippen molar-refractivity contribution >= 4 is 28.7 Å². The predicted molar refractivity (Wildman–Crippen MR) is 148 cm³/mol. The number of nitrogens with zero attached hydrogens (tertiary/aromatic N) is 7. The zero-order valence-corrected chi connectivity index (χ0v) is 23.4. The average Bonchev–Trinajstić information content (AvgIpc) is 3.39. The summed E-state index contributed by atoms with van der Waals surface area (Å²) in [7, 11) is 1.83. The van der Waals surface area contributed by atoms with Crippen LogP contribution in [0.1, 0.15) is 63.5 Å². The number of imidazole rings is 1. The molecule has 40 heavy (non-hydrogen) atoms. The molecule has 2 aliphatic rings. The fourth-order valence-electron chi connectivity index (χ4n) is 5.60. The number of nitrogens with one attached hydrogen (secondary N) is 1. The summed E-state index contributed by atoms with van der Waals surface area (Å²) >= 11 is 0. The number of ketones is 1. The number of aryl methyl sites for hydroxylation is 1. The molecule has 0 radical (unpaired) electrons. The predicted octanol–water partition coefficient (Wildman–Crippen LogP) is 4.75. The minimum absolute atomic E-state index is 0.00406. The Morgan fingerprint density at radius 3 is 2.70 bits per heavy atom. The van der Waals surface area contributed by atoms with E-state index in [1.54, 1.807) is 22.9 Å². The molecule has 4 aromatic rings. The first-order valence-electron chi connectivity index (χ1n) is 13.4. The summed E-state index contributed by atoms with van der Waals surface area (Å²) in [6.07, 6.45) is 5.43. The van der Waals surface area contributed by atoms with Gasteiger partial charge in [0, 0.05) is 48.3 Å². The third-order valence-electron chi connectivity index (χ3n) is 7.67. The van der Waals surface area contributed by atoms with Crippen LogP contribution in [-0.4, -0.2) is 48.3 Å². The molecular weight excluding hydrogens is 508 g/mol. The molecule has 1 saturated carbocycles. The maximum Gasteiger partial charge on any atom is 0.210 e. The van der Waals surface area contributed by atoms with Gasteiger partial charge in [0.15, 0.2) is 17.2 Å². The zero-order valence-electron chi connectivity index (χ0n) is 23.4. The molecule has 1 N–H and O–H groups in total. The number of rotatable bonds is 7. The molecule has 5 heterocycles. The minimum atomic E-state index is -0.0861. The van der Waals surface area contributed by atoms with Crippen LogP contribution >= 0.6 is 0 Å². The zero-order chi connectivity index (χ0) is 28.2. The van der Waals surface area contributed by atoms with Gasteiger partial charge in [0.25, 0.3) is 0 Å². The van der Waals surface area contributed by atoms with Crippen molar-refractivity contribution < 1.29 is 14.3 Å². The van der Waals surface area contributed by atoms with Crippen LogP contribution in [0.4, 0.5) is 11.8 Å². The maximum atomic E-state index is 11.5. The molecule has 1 aliphatic carbocycles. The summed E-state index contributed by atoms with van der Waals surface area (Å²) in [5.41, 5.74) is 3.27. The van der Waals surface area contributed by atoms with Crippen LogP contribution in [0.25, 0.3) is 11.2 Å². The molecule has 206 valence electrons. The Morgan fingerprint density at radius 1 is 1.27 bits per heavy atom. The minimum Gasteiger partial charge on any atom is -0.454 e. The van der Waals surface area contributed by atoms with Crippen molar-refractivity contribution in [1.82, 2.24) is 29.3 Å². The molecule has 0 amide bonds. The Bertz CT molecular complexity index is 1660. The van der Waals surface area contributed by atoms with Gasteiger partial charge in [-0.1, -0.05) is 20.8 Å². The molecular formula is C29H32N8O3. The van der Waals surface area contributed by atoms with Gasteiger partial charge in [0.05, 0.1) is 31.1 Å². The number of hydrogen-bond donors (Lipinski definition) is 1. The van der Waals surface area contributed by atoms with Crippen LogP contribution < -0.4 is 10.1 Å². The van der Waals surface area contributed by atoms with E-state index >= 15 is 0 Å². The van der Waals surface area contributed by atoms with E-state index in [2.05, 4.69) is 57.9 Å². The number of ether oxygens (including phenoxy) is 2. The van der Waals surface area contributed by atoms with Gasteiger partial charge in [-0.25, -0.2) is 4.98 Å². The molecule has 0 aromatic carbocycles. The van der Waals surface area contributed by atoms with Crippen LogP contribution in [-0.2, 0) is 28.4 Å². The first-order chi connectivity index (χ1) is 19.0. The molecule has 4 aromatic heterocycles. The molecule has 0 bridgehead atoms. The Hall–Kier alpha value is -4.30.